The number of rotatable bonds is 5. The fraction of sp³-hybridized carbons (Fsp3) is 0.278. The zero-order chi connectivity index (χ0) is 14.5. The lowest BCUT2D eigenvalue weighted by molar-refractivity contribution is 0.0859. The first-order chi connectivity index (χ1) is 10.3. The van der Waals surface area contributed by atoms with Crippen molar-refractivity contribution in [1.29, 1.82) is 0 Å². The maximum absolute atomic E-state index is 12.9. The van der Waals surface area contributed by atoms with Gasteiger partial charge in [0.1, 0.15) is 11.9 Å². The largest absolute Gasteiger partial charge is 0.392 e. The normalized spacial score (nSPS) is 16.6. The number of benzene rings is 2. The molecular weight excluding hydrogens is 301 g/mol. The van der Waals surface area contributed by atoms with E-state index in [1.54, 1.807) is 12.1 Å². The van der Waals surface area contributed by atoms with Gasteiger partial charge in [0.25, 0.3) is 0 Å². The molecule has 0 saturated heterocycles. The lowest BCUT2D eigenvalue weighted by Gasteiger charge is -2.07. The van der Waals surface area contributed by atoms with Gasteiger partial charge in [-0.2, -0.15) is 0 Å². The molecule has 22 heavy (non-hydrogen) atoms. The van der Waals surface area contributed by atoms with E-state index in [0.717, 1.165) is 37.0 Å². The molecule has 1 aliphatic heterocycles. The molecule has 2 aromatic rings. The maximum Gasteiger partial charge on any atom is 0.136 e. The van der Waals surface area contributed by atoms with Gasteiger partial charge in [0.05, 0.1) is 5.71 Å². The summed E-state index contributed by atoms with van der Waals surface area (Å²) in [6, 6.07) is 17.0. The van der Waals surface area contributed by atoms with Gasteiger partial charge >= 0.3 is 0 Å². The molecule has 0 bridgehead atoms. The molecule has 1 aliphatic rings. The van der Waals surface area contributed by atoms with Crippen molar-refractivity contribution in [1.82, 2.24) is 0 Å². The van der Waals surface area contributed by atoms with E-state index in [1.165, 1.54) is 17.7 Å². The first kappa shape index (κ1) is 16.5. The highest BCUT2D eigenvalue weighted by Crippen LogP contribution is 2.19. The predicted octanol–water partition coefficient (Wildman–Crippen LogP) is 4.57. The molecule has 0 amide bonds. The van der Waals surface area contributed by atoms with E-state index in [4.69, 9.17) is 4.84 Å². The Labute approximate surface area is 136 Å². The van der Waals surface area contributed by atoms with Crippen LogP contribution in [0.25, 0.3) is 0 Å². The SMILES string of the molecule is Cl.Fc1ccc(CC2CC(CCc3ccccc3)=NO2)cc1. The highest BCUT2D eigenvalue weighted by molar-refractivity contribution is 5.85. The van der Waals surface area contributed by atoms with E-state index < -0.39 is 0 Å². The lowest BCUT2D eigenvalue weighted by atomic mass is 10.0. The van der Waals surface area contributed by atoms with E-state index in [1.807, 2.05) is 6.07 Å². The third-order valence-corrected chi connectivity index (χ3v) is 3.72. The number of nitrogens with zero attached hydrogens (tertiary/aromatic N) is 1. The second kappa shape index (κ2) is 7.95. The van der Waals surface area contributed by atoms with Crippen LogP contribution < -0.4 is 0 Å². The Morgan fingerprint density at radius 3 is 2.41 bits per heavy atom. The molecule has 0 saturated carbocycles. The van der Waals surface area contributed by atoms with Gasteiger partial charge in [-0.05, 0) is 36.1 Å². The molecule has 1 atom stereocenters. The van der Waals surface area contributed by atoms with Gasteiger partial charge in [0.15, 0.2) is 0 Å². The number of halogens is 2. The van der Waals surface area contributed by atoms with Crippen LogP contribution in [-0.4, -0.2) is 11.8 Å². The van der Waals surface area contributed by atoms with Crippen molar-refractivity contribution >= 4 is 18.1 Å². The van der Waals surface area contributed by atoms with Crippen molar-refractivity contribution in [2.45, 2.75) is 31.8 Å². The van der Waals surface area contributed by atoms with Crippen LogP contribution >= 0.6 is 12.4 Å². The van der Waals surface area contributed by atoms with E-state index in [0.29, 0.717) is 0 Å². The molecule has 0 fully saturated rings. The van der Waals surface area contributed by atoms with Gasteiger partial charge in [-0.15, -0.1) is 12.4 Å². The van der Waals surface area contributed by atoms with Crippen LogP contribution in [0.3, 0.4) is 0 Å². The van der Waals surface area contributed by atoms with Crippen LogP contribution in [0.1, 0.15) is 24.0 Å². The summed E-state index contributed by atoms with van der Waals surface area (Å²) in [6.07, 6.45) is 3.65. The van der Waals surface area contributed by atoms with Crippen LogP contribution in [0.4, 0.5) is 4.39 Å². The Morgan fingerprint density at radius 2 is 1.68 bits per heavy atom. The van der Waals surface area contributed by atoms with Crippen molar-refractivity contribution < 1.29 is 9.23 Å². The lowest BCUT2D eigenvalue weighted by Crippen LogP contribution is -2.11. The molecule has 0 aliphatic carbocycles. The molecule has 0 aromatic heterocycles. The molecule has 2 aromatic carbocycles. The predicted molar refractivity (Wildman–Crippen MR) is 89.0 cm³/mol. The molecular formula is C18H19ClFNO. The second-order valence-electron chi connectivity index (χ2n) is 5.41. The summed E-state index contributed by atoms with van der Waals surface area (Å²) in [5.41, 5.74) is 3.52. The molecule has 116 valence electrons. The molecule has 2 nitrogen and oxygen atoms in total. The zero-order valence-electron chi connectivity index (χ0n) is 12.2. The molecule has 1 heterocycles. The number of hydrogen-bond donors (Lipinski definition) is 0. The second-order valence-corrected chi connectivity index (χ2v) is 5.41. The van der Waals surface area contributed by atoms with Crippen LogP contribution in [0.5, 0.6) is 0 Å². The first-order valence-corrected chi connectivity index (χ1v) is 7.29. The Kier molecular flexibility index (Phi) is 5.96. The zero-order valence-corrected chi connectivity index (χ0v) is 13.1. The monoisotopic (exact) mass is 319 g/mol. The standard InChI is InChI=1S/C18H18FNO.ClH/c19-16-9-6-15(7-10-16)12-18-13-17(20-21-18)11-8-14-4-2-1-3-5-14;/h1-7,9-10,18H,8,11-13H2;1H. The Bertz CT molecular complexity index is 613. The summed E-state index contributed by atoms with van der Waals surface area (Å²) >= 11 is 0. The summed E-state index contributed by atoms with van der Waals surface area (Å²) in [4.78, 5) is 5.48. The summed E-state index contributed by atoms with van der Waals surface area (Å²) in [5.74, 6) is -0.203. The highest BCUT2D eigenvalue weighted by atomic mass is 35.5. The minimum Gasteiger partial charge on any atom is -0.392 e. The van der Waals surface area contributed by atoms with E-state index in [9.17, 15) is 4.39 Å². The minimum atomic E-state index is -0.203. The quantitative estimate of drug-likeness (QED) is 0.791. The average Bonchev–Trinajstić information content (AvgIpc) is 2.96. The highest BCUT2D eigenvalue weighted by Gasteiger charge is 2.21. The van der Waals surface area contributed by atoms with E-state index in [-0.39, 0.29) is 24.3 Å². The van der Waals surface area contributed by atoms with Crippen LogP contribution in [0, 0.1) is 5.82 Å². The molecule has 1 unspecified atom stereocenters. The molecule has 0 radical (unpaired) electrons. The van der Waals surface area contributed by atoms with Gasteiger partial charge in [-0.1, -0.05) is 47.6 Å². The van der Waals surface area contributed by atoms with E-state index >= 15 is 0 Å². The Hall–Kier alpha value is -1.87. The Balaban J connectivity index is 0.00000176. The minimum absolute atomic E-state index is 0. The average molecular weight is 320 g/mol. The van der Waals surface area contributed by atoms with Crippen LogP contribution in [0.15, 0.2) is 59.8 Å². The number of hydrogen-bond acceptors (Lipinski definition) is 2. The van der Waals surface area contributed by atoms with Crippen molar-refractivity contribution in [2.75, 3.05) is 0 Å². The fourth-order valence-electron chi connectivity index (χ4n) is 2.56. The van der Waals surface area contributed by atoms with Crippen LogP contribution in [0.2, 0.25) is 0 Å². The summed E-state index contributed by atoms with van der Waals surface area (Å²) in [6.45, 7) is 0. The van der Waals surface area contributed by atoms with E-state index in [2.05, 4.69) is 29.4 Å². The van der Waals surface area contributed by atoms with Crippen molar-refractivity contribution in [2.24, 2.45) is 5.16 Å². The maximum atomic E-state index is 12.9. The van der Waals surface area contributed by atoms with Crippen molar-refractivity contribution in [3.8, 4) is 0 Å². The topological polar surface area (TPSA) is 21.6 Å². The van der Waals surface area contributed by atoms with Gasteiger partial charge in [-0.3, -0.25) is 0 Å². The summed E-state index contributed by atoms with van der Waals surface area (Å²) in [5, 5.41) is 4.19. The third-order valence-electron chi connectivity index (χ3n) is 3.72. The Morgan fingerprint density at radius 1 is 0.955 bits per heavy atom. The first-order valence-electron chi connectivity index (χ1n) is 7.29. The summed E-state index contributed by atoms with van der Waals surface area (Å²) in [7, 11) is 0. The van der Waals surface area contributed by atoms with Crippen molar-refractivity contribution in [3.63, 3.8) is 0 Å². The number of aryl methyl sites for hydroxylation is 1. The fourth-order valence-corrected chi connectivity index (χ4v) is 2.56. The third kappa shape index (κ3) is 4.57. The molecule has 0 spiro atoms. The number of oxime groups is 1. The van der Waals surface area contributed by atoms with Crippen LogP contribution in [-0.2, 0) is 17.7 Å². The molecule has 3 rings (SSSR count). The van der Waals surface area contributed by atoms with Gasteiger partial charge in [0, 0.05) is 12.8 Å². The molecule has 4 heteroatoms. The van der Waals surface area contributed by atoms with Gasteiger partial charge in [-0.25, -0.2) is 4.39 Å². The van der Waals surface area contributed by atoms with Gasteiger partial charge < -0.3 is 4.84 Å². The smallest absolute Gasteiger partial charge is 0.136 e. The molecule has 0 N–H and O–H groups in total. The summed E-state index contributed by atoms with van der Waals surface area (Å²) < 4.78 is 12.9. The van der Waals surface area contributed by atoms with Gasteiger partial charge in [0.2, 0.25) is 0 Å². The van der Waals surface area contributed by atoms with Crippen molar-refractivity contribution in [3.05, 3.63) is 71.5 Å².